The van der Waals surface area contributed by atoms with Gasteiger partial charge in [0.05, 0.1) is 17.2 Å². The monoisotopic (exact) mass is 427 g/mol. The summed E-state index contributed by atoms with van der Waals surface area (Å²) in [5.41, 5.74) is 0.896. The number of hydrogen-bond donors (Lipinski definition) is 0. The first kappa shape index (κ1) is 20.0. The van der Waals surface area contributed by atoms with Crippen molar-refractivity contribution in [2.75, 3.05) is 11.5 Å². The van der Waals surface area contributed by atoms with E-state index in [2.05, 4.69) is 10.4 Å². The Morgan fingerprint density at radius 2 is 1.70 bits per heavy atom. The third-order valence-electron chi connectivity index (χ3n) is 5.09. The van der Waals surface area contributed by atoms with E-state index in [9.17, 15) is 18.0 Å². The minimum atomic E-state index is -3.17. The van der Waals surface area contributed by atoms with E-state index in [-0.39, 0.29) is 30.5 Å². The maximum Gasteiger partial charge on any atom is 0.368 e. The summed E-state index contributed by atoms with van der Waals surface area (Å²) < 4.78 is 26.1. The van der Waals surface area contributed by atoms with Crippen LogP contribution in [0.25, 0.3) is 5.69 Å². The lowest BCUT2D eigenvalue weighted by atomic mass is 10.1. The van der Waals surface area contributed by atoms with Crippen LogP contribution >= 0.6 is 0 Å². The number of nitrogens with zero attached hydrogens (tertiary/aromatic N) is 5. The van der Waals surface area contributed by atoms with Crippen LogP contribution in [0.2, 0.25) is 0 Å². The Hall–Kier alpha value is -3.27. The molecule has 1 aliphatic rings. The summed E-state index contributed by atoms with van der Waals surface area (Å²) in [6, 6.07) is 17.7. The number of amides is 1. The molecule has 1 aromatic heterocycles. The van der Waals surface area contributed by atoms with Gasteiger partial charge in [-0.15, -0.1) is 0 Å². The van der Waals surface area contributed by atoms with E-state index >= 15 is 0 Å². The zero-order valence-electron chi connectivity index (χ0n) is 16.2. The van der Waals surface area contributed by atoms with E-state index in [0.29, 0.717) is 12.1 Å². The van der Waals surface area contributed by atoms with Crippen molar-refractivity contribution in [3.63, 3.8) is 0 Å². The van der Waals surface area contributed by atoms with Crippen molar-refractivity contribution in [1.82, 2.24) is 24.7 Å². The van der Waals surface area contributed by atoms with Crippen molar-refractivity contribution in [1.29, 1.82) is 0 Å². The molecule has 0 radical (unpaired) electrons. The quantitative estimate of drug-likeness (QED) is 0.572. The zero-order chi connectivity index (χ0) is 21.1. The molecular weight excluding hydrogens is 406 g/mol. The highest BCUT2D eigenvalue weighted by Crippen LogP contribution is 2.20. The van der Waals surface area contributed by atoms with Gasteiger partial charge in [0, 0.05) is 12.6 Å². The highest BCUT2D eigenvalue weighted by Gasteiger charge is 2.35. The maximum atomic E-state index is 13.1. The maximum absolute atomic E-state index is 13.1. The fourth-order valence-corrected chi connectivity index (χ4v) is 5.28. The van der Waals surface area contributed by atoms with Crippen molar-refractivity contribution in [2.24, 2.45) is 0 Å². The van der Waals surface area contributed by atoms with Crippen LogP contribution < -0.4 is 5.69 Å². The van der Waals surface area contributed by atoms with Crippen LogP contribution in [0.15, 0.2) is 65.5 Å². The van der Waals surface area contributed by atoms with E-state index in [1.807, 2.05) is 36.4 Å². The normalized spacial score (nSPS) is 17.7. The summed E-state index contributed by atoms with van der Waals surface area (Å²) in [7, 11) is -3.17. The summed E-state index contributed by atoms with van der Waals surface area (Å²) in [6.07, 6.45) is 0.381. The highest BCUT2D eigenvalue weighted by molar-refractivity contribution is 7.91. The molecule has 156 valence electrons. The van der Waals surface area contributed by atoms with Crippen molar-refractivity contribution < 1.29 is 13.2 Å². The SMILES string of the molecule is O=C(Cn1nnn(-c2ccccc2)c1=O)N(Cc1ccccc1)[C@H]1CCS(=O)(=O)C1. The van der Waals surface area contributed by atoms with E-state index in [1.165, 1.54) is 4.90 Å². The summed E-state index contributed by atoms with van der Waals surface area (Å²) in [5.74, 6) is -0.388. The van der Waals surface area contributed by atoms with Gasteiger partial charge in [-0.25, -0.2) is 13.2 Å². The minimum absolute atomic E-state index is 0.0559. The van der Waals surface area contributed by atoms with Gasteiger partial charge in [0.25, 0.3) is 0 Å². The lowest BCUT2D eigenvalue weighted by Gasteiger charge is -2.28. The Balaban J connectivity index is 1.58. The topological polar surface area (TPSA) is 107 Å². The number of benzene rings is 2. The standard InChI is InChI=1S/C20H21N5O4S/c26-19(14-24-20(27)25(22-21-24)17-9-5-2-6-10-17)23(13-16-7-3-1-4-8-16)18-11-12-30(28,29)15-18/h1-10,18H,11-15H2/t18-/m0/s1. The van der Waals surface area contributed by atoms with Crippen molar-refractivity contribution >= 4 is 15.7 Å². The summed E-state index contributed by atoms with van der Waals surface area (Å²) in [4.78, 5) is 27.3. The van der Waals surface area contributed by atoms with Crippen LogP contribution in [0.4, 0.5) is 0 Å². The second kappa shape index (κ2) is 8.23. The molecule has 0 unspecified atom stereocenters. The van der Waals surface area contributed by atoms with Gasteiger partial charge < -0.3 is 4.90 Å². The summed E-state index contributed by atoms with van der Waals surface area (Å²) in [6.45, 7) is -0.0452. The number of aromatic nitrogens is 4. The molecule has 30 heavy (non-hydrogen) atoms. The smallest absolute Gasteiger partial charge is 0.333 e. The fraction of sp³-hybridized carbons (Fsp3) is 0.300. The van der Waals surface area contributed by atoms with Gasteiger partial charge in [-0.3, -0.25) is 4.79 Å². The molecule has 0 bridgehead atoms. The Labute approximate surface area is 173 Å². The third kappa shape index (κ3) is 4.33. The van der Waals surface area contributed by atoms with Crippen molar-refractivity contribution in [2.45, 2.75) is 25.6 Å². The predicted molar refractivity (Wildman–Crippen MR) is 110 cm³/mol. The average Bonchev–Trinajstić information content (AvgIpc) is 3.29. The first-order chi connectivity index (χ1) is 14.4. The van der Waals surface area contributed by atoms with E-state index < -0.39 is 21.6 Å². The molecule has 1 amide bonds. The third-order valence-corrected chi connectivity index (χ3v) is 6.84. The molecule has 9 nitrogen and oxygen atoms in total. The van der Waals surface area contributed by atoms with E-state index in [0.717, 1.165) is 14.9 Å². The Kier molecular flexibility index (Phi) is 5.49. The fourth-order valence-electron chi connectivity index (χ4n) is 3.55. The van der Waals surface area contributed by atoms with Crippen molar-refractivity contribution in [3.05, 3.63) is 76.7 Å². The second-order valence-electron chi connectivity index (χ2n) is 7.23. The molecule has 0 N–H and O–H groups in total. The highest BCUT2D eigenvalue weighted by atomic mass is 32.2. The number of hydrogen-bond acceptors (Lipinski definition) is 6. The van der Waals surface area contributed by atoms with Gasteiger partial charge >= 0.3 is 5.69 Å². The Morgan fingerprint density at radius 3 is 2.33 bits per heavy atom. The van der Waals surface area contributed by atoms with Crippen LogP contribution in [0.1, 0.15) is 12.0 Å². The van der Waals surface area contributed by atoms with E-state index in [4.69, 9.17) is 0 Å². The van der Waals surface area contributed by atoms with Crippen LogP contribution in [0.5, 0.6) is 0 Å². The number of sulfone groups is 1. The first-order valence-corrected chi connectivity index (χ1v) is 11.4. The number of carbonyl (C=O) groups excluding carboxylic acids is 1. The molecule has 1 atom stereocenters. The molecule has 1 saturated heterocycles. The molecule has 2 aromatic carbocycles. The van der Waals surface area contributed by atoms with Crippen LogP contribution in [-0.2, 0) is 27.7 Å². The van der Waals surface area contributed by atoms with Gasteiger partial charge in [0.2, 0.25) is 5.91 Å². The predicted octanol–water partition coefficient (Wildman–Crippen LogP) is 0.645. The molecule has 10 heteroatoms. The van der Waals surface area contributed by atoms with Gasteiger partial charge in [-0.05, 0) is 34.5 Å². The van der Waals surface area contributed by atoms with Gasteiger partial charge in [-0.2, -0.15) is 9.36 Å². The zero-order valence-corrected chi connectivity index (χ0v) is 17.0. The lowest BCUT2D eigenvalue weighted by molar-refractivity contribution is -0.134. The molecule has 0 saturated carbocycles. The number of carbonyl (C=O) groups is 1. The van der Waals surface area contributed by atoms with Gasteiger partial charge in [-0.1, -0.05) is 48.5 Å². The second-order valence-corrected chi connectivity index (χ2v) is 9.46. The number of tetrazole rings is 1. The summed E-state index contributed by atoms with van der Waals surface area (Å²) >= 11 is 0. The molecule has 0 spiro atoms. The lowest BCUT2D eigenvalue weighted by Crippen LogP contribution is -2.43. The minimum Gasteiger partial charge on any atom is -0.333 e. The molecule has 3 aromatic rings. The molecule has 0 aliphatic carbocycles. The molecule has 4 rings (SSSR count). The Morgan fingerprint density at radius 1 is 1.03 bits per heavy atom. The van der Waals surface area contributed by atoms with Crippen LogP contribution in [0, 0.1) is 0 Å². The molecule has 2 heterocycles. The van der Waals surface area contributed by atoms with E-state index in [1.54, 1.807) is 24.3 Å². The number of rotatable bonds is 6. The van der Waals surface area contributed by atoms with Crippen molar-refractivity contribution in [3.8, 4) is 5.69 Å². The average molecular weight is 427 g/mol. The van der Waals surface area contributed by atoms with Gasteiger partial charge in [0.1, 0.15) is 6.54 Å². The Bertz CT molecular complexity index is 1190. The largest absolute Gasteiger partial charge is 0.368 e. The van der Waals surface area contributed by atoms with Gasteiger partial charge in [0.15, 0.2) is 9.84 Å². The number of para-hydroxylation sites is 1. The first-order valence-electron chi connectivity index (χ1n) is 9.55. The molecular formula is C20H21N5O4S. The van der Waals surface area contributed by atoms with Crippen LogP contribution in [0.3, 0.4) is 0 Å². The molecule has 1 fully saturated rings. The summed E-state index contributed by atoms with van der Waals surface area (Å²) in [5, 5.41) is 7.68. The molecule has 1 aliphatic heterocycles. The van der Waals surface area contributed by atoms with Crippen LogP contribution in [-0.4, -0.2) is 56.6 Å².